The Kier molecular flexibility index (Phi) is 7.91. The molecule has 0 saturated heterocycles. The van der Waals surface area contributed by atoms with Gasteiger partial charge in [0.1, 0.15) is 5.75 Å². The van der Waals surface area contributed by atoms with E-state index in [1.165, 1.54) is 34.6 Å². The van der Waals surface area contributed by atoms with Gasteiger partial charge in [0, 0.05) is 43.1 Å². The van der Waals surface area contributed by atoms with Gasteiger partial charge in [-0.2, -0.15) is 13.2 Å². The fourth-order valence-electron chi connectivity index (χ4n) is 3.03. The summed E-state index contributed by atoms with van der Waals surface area (Å²) in [7, 11) is 3.30. The number of aromatic nitrogens is 2. The Bertz CT molecular complexity index is 1100. The van der Waals surface area contributed by atoms with Crippen LogP contribution in [0.15, 0.2) is 42.0 Å². The topological polar surface area (TPSA) is 67.3 Å². The predicted octanol–water partition coefficient (Wildman–Crippen LogP) is 6.24. The van der Waals surface area contributed by atoms with Crippen molar-refractivity contribution in [2.24, 2.45) is 0 Å². The summed E-state index contributed by atoms with van der Waals surface area (Å²) in [4.78, 5) is 22.2. The van der Waals surface area contributed by atoms with E-state index in [4.69, 9.17) is 4.74 Å². The summed E-state index contributed by atoms with van der Waals surface area (Å²) in [6.45, 7) is 2.26. The molecule has 3 aromatic rings. The number of benzene rings is 1. The maximum atomic E-state index is 13.6. The lowest BCUT2D eigenvalue weighted by molar-refractivity contribution is -0.138. The fourth-order valence-corrected chi connectivity index (χ4v) is 3.77. The van der Waals surface area contributed by atoms with Crippen LogP contribution in [0.4, 0.5) is 24.0 Å². The number of unbranched alkanes of at least 4 members (excludes halogenated alkanes) is 2. The lowest BCUT2D eigenvalue weighted by Gasteiger charge is -2.15. The van der Waals surface area contributed by atoms with Crippen molar-refractivity contribution < 1.29 is 22.7 Å². The third-order valence-corrected chi connectivity index (χ3v) is 5.49. The monoisotopic (exact) mass is 478 g/mol. The molecular weight excluding hydrogens is 453 g/mol. The largest absolute Gasteiger partial charge is 0.493 e. The standard InChI is InChI=1S/C23H25F3N4O2S/c1-4-5-6-9-32-20-8-7-17(11-18(20)23(24,25)26)28-22-29-19(14-33-22)15-10-16(13-27-12-15)21(31)30(2)3/h7-8,10-14H,4-6,9H2,1-3H3,(H,28,29). The highest BCUT2D eigenvalue weighted by Gasteiger charge is 2.34. The van der Waals surface area contributed by atoms with Gasteiger partial charge in [-0.3, -0.25) is 9.78 Å². The van der Waals surface area contributed by atoms with Gasteiger partial charge in [-0.05, 0) is 30.7 Å². The second-order valence-corrected chi connectivity index (χ2v) is 8.45. The Labute approximate surface area is 194 Å². The molecule has 0 unspecified atom stereocenters. The highest BCUT2D eigenvalue weighted by atomic mass is 32.1. The average molecular weight is 479 g/mol. The molecule has 0 atom stereocenters. The Morgan fingerprint density at radius 1 is 1.18 bits per heavy atom. The third-order valence-electron chi connectivity index (χ3n) is 4.73. The Morgan fingerprint density at radius 2 is 1.97 bits per heavy atom. The molecule has 0 aliphatic heterocycles. The van der Waals surface area contributed by atoms with Crippen molar-refractivity contribution in [3.8, 4) is 17.0 Å². The van der Waals surface area contributed by atoms with Crippen LogP contribution in [-0.2, 0) is 6.18 Å². The highest BCUT2D eigenvalue weighted by molar-refractivity contribution is 7.14. The first-order valence-corrected chi connectivity index (χ1v) is 11.3. The van der Waals surface area contributed by atoms with Crippen LogP contribution in [0, 0.1) is 0 Å². The molecule has 0 aliphatic carbocycles. The number of carbonyl (C=O) groups is 1. The minimum Gasteiger partial charge on any atom is -0.493 e. The Hall–Kier alpha value is -3.14. The van der Waals surface area contributed by atoms with Crippen LogP contribution in [0.3, 0.4) is 0 Å². The zero-order valence-corrected chi connectivity index (χ0v) is 19.4. The van der Waals surface area contributed by atoms with E-state index < -0.39 is 11.7 Å². The second-order valence-electron chi connectivity index (χ2n) is 7.59. The average Bonchev–Trinajstić information content (AvgIpc) is 3.25. The van der Waals surface area contributed by atoms with Crippen molar-refractivity contribution in [2.45, 2.75) is 32.4 Å². The number of carbonyl (C=O) groups excluding carboxylic acids is 1. The number of anilines is 2. The highest BCUT2D eigenvalue weighted by Crippen LogP contribution is 2.39. The minimum absolute atomic E-state index is 0.183. The fraction of sp³-hybridized carbons (Fsp3) is 0.348. The first-order valence-electron chi connectivity index (χ1n) is 10.4. The first kappa shape index (κ1) is 24.5. The van der Waals surface area contributed by atoms with Gasteiger partial charge in [-0.25, -0.2) is 4.98 Å². The number of hydrogen-bond acceptors (Lipinski definition) is 6. The van der Waals surface area contributed by atoms with Gasteiger partial charge in [0.25, 0.3) is 5.91 Å². The quantitative estimate of drug-likeness (QED) is 0.369. The molecule has 0 fully saturated rings. The number of nitrogens with one attached hydrogen (secondary N) is 1. The Morgan fingerprint density at radius 3 is 2.67 bits per heavy atom. The van der Waals surface area contributed by atoms with Crippen LogP contribution in [0.25, 0.3) is 11.3 Å². The zero-order valence-electron chi connectivity index (χ0n) is 18.6. The third kappa shape index (κ3) is 6.44. The Balaban J connectivity index is 1.78. The van der Waals surface area contributed by atoms with E-state index in [-0.39, 0.29) is 24.0 Å². The molecule has 0 spiro atoms. The molecule has 1 amide bonds. The number of amides is 1. The maximum absolute atomic E-state index is 13.6. The summed E-state index contributed by atoms with van der Waals surface area (Å²) >= 11 is 1.24. The number of thiazole rings is 1. The molecule has 0 aliphatic rings. The van der Waals surface area contributed by atoms with Crippen LogP contribution in [0.2, 0.25) is 0 Å². The van der Waals surface area contributed by atoms with Crippen LogP contribution in [0.5, 0.6) is 5.75 Å². The van der Waals surface area contributed by atoms with E-state index >= 15 is 0 Å². The van der Waals surface area contributed by atoms with Crippen molar-refractivity contribution >= 4 is 28.1 Å². The molecule has 176 valence electrons. The lowest BCUT2D eigenvalue weighted by Crippen LogP contribution is -2.21. The smallest absolute Gasteiger partial charge is 0.420 e. The van der Waals surface area contributed by atoms with Crippen molar-refractivity contribution in [1.29, 1.82) is 0 Å². The predicted molar refractivity (Wildman–Crippen MR) is 123 cm³/mol. The summed E-state index contributed by atoms with van der Waals surface area (Å²) < 4.78 is 46.1. The molecule has 1 N–H and O–H groups in total. The van der Waals surface area contributed by atoms with E-state index in [0.29, 0.717) is 28.4 Å². The molecule has 0 bridgehead atoms. The van der Waals surface area contributed by atoms with E-state index in [0.717, 1.165) is 18.9 Å². The molecule has 0 saturated carbocycles. The van der Waals surface area contributed by atoms with Crippen LogP contribution in [0.1, 0.15) is 42.1 Å². The summed E-state index contributed by atoms with van der Waals surface area (Å²) in [5.74, 6) is -0.368. The van der Waals surface area contributed by atoms with Crippen molar-refractivity contribution in [2.75, 3.05) is 26.0 Å². The number of rotatable bonds is 9. The molecular formula is C23H25F3N4O2S. The molecule has 0 radical (unpaired) electrons. The number of ether oxygens (including phenoxy) is 1. The lowest BCUT2D eigenvalue weighted by atomic mass is 10.1. The summed E-state index contributed by atoms with van der Waals surface area (Å²) in [5.41, 5.74) is 1.04. The maximum Gasteiger partial charge on any atom is 0.420 e. The molecule has 2 aromatic heterocycles. The number of halogens is 3. The number of hydrogen-bond donors (Lipinski definition) is 1. The molecule has 33 heavy (non-hydrogen) atoms. The van der Waals surface area contributed by atoms with Crippen molar-refractivity contribution in [3.05, 3.63) is 53.2 Å². The second kappa shape index (κ2) is 10.7. The first-order chi connectivity index (χ1) is 15.7. The molecule has 2 heterocycles. The van der Waals surface area contributed by atoms with Crippen LogP contribution < -0.4 is 10.1 Å². The van der Waals surface area contributed by atoms with Crippen molar-refractivity contribution in [1.82, 2.24) is 14.9 Å². The number of pyridine rings is 1. The van der Waals surface area contributed by atoms with Crippen LogP contribution in [-0.4, -0.2) is 41.5 Å². The van der Waals surface area contributed by atoms with E-state index in [9.17, 15) is 18.0 Å². The number of nitrogens with zero attached hydrogens (tertiary/aromatic N) is 3. The van der Waals surface area contributed by atoms with Gasteiger partial charge in [0.05, 0.1) is 23.4 Å². The van der Waals surface area contributed by atoms with E-state index in [2.05, 4.69) is 15.3 Å². The molecule has 1 aromatic carbocycles. The minimum atomic E-state index is -4.54. The van der Waals surface area contributed by atoms with E-state index in [1.54, 1.807) is 31.7 Å². The molecule has 6 nitrogen and oxygen atoms in total. The molecule has 10 heteroatoms. The number of alkyl halides is 3. The summed E-state index contributed by atoms with van der Waals surface area (Å²) in [5, 5.41) is 5.09. The molecule has 3 rings (SSSR count). The van der Waals surface area contributed by atoms with Gasteiger partial charge >= 0.3 is 6.18 Å². The van der Waals surface area contributed by atoms with Gasteiger partial charge in [0.15, 0.2) is 5.13 Å². The van der Waals surface area contributed by atoms with Crippen molar-refractivity contribution in [3.63, 3.8) is 0 Å². The zero-order chi connectivity index (χ0) is 24.0. The van der Waals surface area contributed by atoms with E-state index in [1.807, 2.05) is 6.92 Å². The summed E-state index contributed by atoms with van der Waals surface area (Å²) in [6.07, 6.45) is 1.07. The summed E-state index contributed by atoms with van der Waals surface area (Å²) in [6, 6.07) is 5.56. The van der Waals surface area contributed by atoms with Gasteiger partial charge in [0.2, 0.25) is 0 Å². The van der Waals surface area contributed by atoms with Gasteiger partial charge < -0.3 is 15.0 Å². The SMILES string of the molecule is CCCCCOc1ccc(Nc2nc(-c3cncc(C(=O)N(C)C)c3)cs2)cc1C(F)(F)F. The van der Waals surface area contributed by atoms with Gasteiger partial charge in [-0.1, -0.05) is 19.8 Å². The van der Waals surface area contributed by atoms with Gasteiger partial charge in [-0.15, -0.1) is 11.3 Å². The van der Waals surface area contributed by atoms with Crippen LogP contribution >= 0.6 is 11.3 Å². The normalized spacial score (nSPS) is 11.3.